The van der Waals surface area contributed by atoms with E-state index in [1.165, 1.54) is 30.5 Å². The van der Waals surface area contributed by atoms with Crippen molar-refractivity contribution in [3.63, 3.8) is 0 Å². The molecule has 0 aliphatic heterocycles. The fourth-order valence-corrected chi connectivity index (χ4v) is 3.68. The Morgan fingerprint density at radius 2 is 1.43 bits per heavy atom. The van der Waals surface area contributed by atoms with Gasteiger partial charge < -0.3 is 14.2 Å². The van der Waals surface area contributed by atoms with Crippen LogP contribution in [-0.2, 0) is 22.6 Å². The Bertz CT molecular complexity index is 1420. The molecule has 0 spiro atoms. The molecule has 1 heterocycles. The summed E-state index contributed by atoms with van der Waals surface area (Å²) < 4.78 is 67.2. The second-order valence-electron chi connectivity index (χ2n) is 8.62. The predicted octanol–water partition coefficient (Wildman–Crippen LogP) is 6.90. The third-order valence-electron chi connectivity index (χ3n) is 5.64. The summed E-state index contributed by atoms with van der Waals surface area (Å²) in [6.45, 7) is -0.107. The van der Waals surface area contributed by atoms with Gasteiger partial charge in [0.1, 0.15) is 35.5 Å². The Balaban J connectivity index is 1.54. The summed E-state index contributed by atoms with van der Waals surface area (Å²) in [6, 6.07) is 25.5. The summed E-state index contributed by atoms with van der Waals surface area (Å²) in [6.07, 6.45) is -7.71. The molecular formula is C30H23F4NO5. The lowest BCUT2D eigenvalue weighted by molar-refractivity contribution is -0.253. The first-order chi connectivity index (χ1) is 19.2. The van der Waals surface area contributed by atoms with Crippen molar-refractivity contribution in [1.29, 1.82) is 0 Å². The number of para-hydroxylation sites is 1. The zero-order valence-corrected chi connectivity index (χ0v) is 20.9. The molecular weight excluding hydrogens is 530 g/mol. The van der Waals surface area contributed by atoms with Crippen molar-refractivity contribution < 1.29 is 41.4 Å². The number of halogens is 4. The lowest BCUT2D eigenvalue weighted by Crippen LogP contribution is -2.33. The van der Waals surface area contributed by atoms with Crippen LogP contribution in [0, 0.1) is 5.92 Å². The number of alkyl halides is 4. The van der Waals surface area contributed by atoms with E-state index in [0.717, 1.165) is 12.1 Å². The van der Waals surface area contributed by atoms with Gasteiger partial charge in [0.2, 0.25) is 0 Å². The zero-order valence-electron chi connectivity index (χ0n) is 20.9. The molecule has 0 aliphatic carbocycles. The van der Waals surface area contributed by atoms with Crippen LogP contribution in [0.4, 0.5) is 17.6 Å². The minimum absolute atomic E-state index is 0.0567. The smallest absolute Gasteiger partial charge is 0.460 e. The summed E-state index contributed by atoms with van der Waals surface area (Å²) in [5.41, 5.74) is 0.840. The molecule has 0 N–H and O–H groups in total. The molecule has 3 aromatic carbocycles. The van der Waals surface area contributed by atoms with Gasteiger partial charge in [-0.2, -0.15) is 17.6 Å². The van der Waals surface area contributed by atoms with E-state index in [-0.39, 0.29) is 24.3 Å². The molecule has 6 nitrogen and oxygen atoms in total. The van der Waals surface area contributed by atoms with Gasteiger partial charge in [-0.1, -0.05) is 60.7 Å². The van der Waals surface area contributed by atoms with Gasteiger partial charge in [-0.25, -0.2) is 4.98 Å². The number of ether oxygens (including phenoxy) is 3. The van der Waals surface area contributed by atoms with Gasteiger partial charge in [0.25, 0.3) is 0 Å². The number of hydrogen-bond donors (Lipinski definition) is 0. The molecule has 1 aromatic heterocycles. The van der Waals surface area contributed by atoms with Gasteiger partial charge in [0, 0.05) is 0 Å². The molecule has 206 valence electrons. The molecule has 0 bridgehead atoms. The fraction of sp³-hybridized carbons (Fsp3) is 0.167. The minimum Gasteiger partial charge on any atom is -0.460 e. The van der Waals surface area contributed by atoms with Crippen LogP contribution in [0.1, 0.15) is 21.6 Å². The number of nitrogens with zero attached hydrogens (tertiary/aromatic N) is 1. The SMILES string of the molecule is O=C(OCc1ccccc1)C(Cc1cccc(OC(F)(F)C(F)F)c1)C(=O)c1ccc(Oc2ccccc2)cn1. The average Bonchev–Trinajstić information content (AvgIpc) is 2.96. The number of carbonyl (C=O) groups excluding carboxylic acids is 2. The molecule has 0 radical (unpaired) electrons. The highest BCUT2D eigenvalue weighted by Gasteiger charge is 2.44. The zero-order chi connectivity index (χ0) is 28.5. The van der Waals surface area contributed by atoms with E-state index < -0.39 is 36.0 Å². The Kier molecular flexibility index (Phi) is 9.11. The van der Waals surface area contributed by atoms with Crippen molar-refractivity contribution in [3.8, 4) is 17.2 Å². The van der Waals surface area contributed by atoms with Gasteiger partial charge in [-0.05, 0) is 53.9 Å². The van der Waals surface area contributed by atoms with Crippen LogP contribution in [0.2, 0.25) is 0 Å². The normalized spacial score (nSPS) is 12.0. The van der Waals surface area contributed by atoms with E-state index in [2.05, 4.69) is 9.72 Å². The molecule has 1 atom stereocenters. The van der Waals surface area contributed by atoms with Crippen LogP contribution in [0.3, 0.4) is 0 Å². The van der Waals surface area contributed by atoms with Crippen LogP contribution in [0.5, 0.6) is 17.2 Å². The molecule has 10 heteroatoms. The number of esters is 1. The Morgan fingerprint density at radius 3 is 2.08 bits per heavy atom. The summed E-state index contributed by atoms with van der Waals surface area (Å²) in [5, 5.41) is 0. The maximum atomic E-state index is 13.4. The summed E-state index contributed by atoms with van der Waals surface area (Å²) >= 11 is 0. The van der Waals surface area contributed by atoms with E-state index in [0.29, 0.717) is 17.1 Å². The second-order valence-corrected chi connectivity index (χ2v) is 8.62. The number of ketones is 1. The monoisotopic (exact) mass is 553 g/mol. The molecule has 0 aliphatic rings. The van der Waals surface area contributed by atoms with E-state index in [1.807, 2.05) is 6.07 Å². The van der Waals surface area contributed by atoms with E-state index in [4.69, 9.17) is 9.47 Å². The van der Waals surface area contributed by atoms with Crippen molar-refractivity contribution in [3.05, 3.63) is 120 Å². The number of carbonyl (C=O) groups is 2. The van der Waals surface area contributed by atoms with Gasteiger partial charge in [-0.3, -0.25) is 9.59 Å². The Hall–Kier alpha value is -4.73. The van der Waals surface area contributed by atoms with Crippen LogP contribution < -0.4 is 9.47 Å². The third-order valence-corrected chi connectivity index (χ3v) is 5.64. The molecule has 1 unspecified atom stereocenters. The summed E-state index contributed by atoms with van der Waals surface area (Å²) in [7, 11) is 0. The largest absolute Gasteiger partial charge is 0.461 e. The molecule has 4 aromatic rings. The predicted molar refractivity (Wildman–Crippen MR) is 137 cm³/mol. The Labute approximate surface area is 227 Å². The van der Waals surface area contributed by atoms with Gasteiger partial charge in [0.15, 0.2) is 5.78 Å². The minimum atomic E-state index is -4.71. The summed E-state index contributed by atoms with van der Waals surface area (Å²) in [4.78, 5) is 30.7. The van der Waals surface area contributed by atoms with E-state index in [9.17, 15) is 27.2 Å². The first kappa shape index (κ1) is 28.3. The lowest BCUT2D eigenvalue weighted by Gasteiger charge is -2.18. The number of benzene rings is 3. The molecule has 0 saturated carbocycles. The highest BCUT2D eigenvalue weighted by Crippen LogP contribution is 2.29. The second kappa shape index (κ2) is 12.9. The quantitative estimate of drug-likeness (QED) is 0.0823. The molecule has 0 fully saturated rings. The van der Waals surface area contributed by atoms with Gasteiger partial charge in [0.05, 0.1) is 6.20 Å². The Morgan fingerprint density at radius 1 is 0.775 bits per heavy atom. The number of hydrogen-bond acceptors (Lipinski definition) is 6. The summed E-state index contributed by atoms with van der Waals surface area (Å²) in [5.74, 6) is -2.60. The van der Waals surface area contributed by atoms with Crippen molar-refractivity contribution in [2.24, 2.45) is 5.92 Å². The van der Waals surface area contributed by atoms with Crippen LogP contribution in [0.15, 0.2) is 103 Å². The van der Waals surface area contributed by atoms with Crippen molar-refractivity contribution in [1.82, 2.24) is 4.98 Å². The van der Waals surface area contributed by atoms with E-state index in [1.54, 1.807) is 54.6 Å². The maximum Gasteiger partial charge on any atom is 0.461 e. The lowest BCUT2D eigenvalue weighted by atomic mass is 9.93. The third kappa shape index (κ3) is 7.66. The number of aromatic nitrogens is 1. The van der Waals surface area contributed by atoms with Crippen LogP contribution in [0.25, 0.3) is 0 Å². The van der Waals surface area contributed by atoms with Crippen LogP contribution >= 0.6 is 0 Å². The first-order valence-corrected chi connectivity index (χ1v) is 12.1. The molecule has 40 heavy (non-hydrogen) atoms. The standard InChI is InChI=1S/C30H23F4NO5/c31-29(32)30(33,34)40-23-13-7-10-21(16-23)17-25(28(37)38-19-20-8-3-1-4-9-20)27(36)26-15-14-24(18-35-26)39-22-11-5-2-6-12-22/h1-16,18,25,29H,17,19H2. The first-order valence-electron chi connectivity index (χ1n) is 12.1. The van der Waals surface area contributed by atoms with Gasteiger partial charge in [-0.15, -0.1) is 0 Å². The van der Waals surface area contributed by atoms with Crippen LogP contribution in [-0.4, -0.2) is 29.3 Å². The highest BCUT2D eigenvalue weighted by atomic mass is 19.3. The average molecular weight is 554 g/mol. The highest BCUT2D eigenvalue weighted by molar-refractivity contribution is 6.07. The fourth-order valence-electron chi connectivity index (χ4n) is 3.68. The van der Waals surface area contributed by atoms with E-state index >= 15 is 0 Å². The number of pyridine rings is 1. The number of rotatable bonds is 12. The molecule has 0 saturated heterocycles. The van der Waals surface area contributed by atoms with Crippen molar-refractivity contribution >= 4 is 11.8 Å². The van der Waals surface area contributed by atoms with Gasteiger partial charge >= 0.3 is 18.5 Å². The molecule has 4 rings (SSSR count). The number of Topliss-reactive ketones (excluding diaryl/α,β-unsaturated/α-hetero) is 1. The molecule has 0 amide bonds. The van der Waals surface area contributed by atoms with Crippen molar-refractivity contribution in [2.75, 3.05) is 0 Å². The topological polar surface area (TPSA) is 74.7 Å². The maximum absolute atomic E-state index is 13.4. The van der Waals surface area contributed by atoms with Crippen molar-refractivity contribution in [2.45, 2.75) is 25.6 Å².